The topological polar surface area (TPSA) is 132 Å². The lowest BCUT2D eigenvalue weighted by Crippen LogP contribution is -2.57. The number of carbonyl (C=O) groups is 4. The summed E-state index contributed by atoms with van der Waals surface area (Å²) in [6.45, 7) is 6.98. The Hall–Kier alpha value is -3.95. The number of carbonyl (C=O) groups excluding carboxylic acids is 4. The zero-order chi connectivity index (χ0) is 25.0. The molecule has 0 aromatic heterocycles. The summed E-state index contributed by atoms with van der Waals surface area (Å²) in [5, 5.41) is 8.53. The molecular weight excluding hydrogens is 444 g/mol. The van der Waals surface area contributed by atoms with Crippen molar-refractivity contribution in [3.8, 4) is 0 Å². The van der Waals surface area contributed by atoms with Gasteiger partial charge in [0.05, 0.1) is 25.9 Å². The molecule has 10 nitrogen and oxygen atoms in total. The van der Waals surface area contributed by atoms with Crippen LogP contribution in [-0.4, -0.2) is 56.6 Å². The summed E-state index contributed by atoms with van der Waals surface area (Å²) in [7, 11) is 1.11. The van der Waals surface area contributed by atoms with Gasteiger partial charge in [0.15, 0.2) is 5.92 Å². The molecule has 1 aromatic carbocycles. The molecule has 180 valence electrons. The number of nitrogens with zero attached hydrogens (tertiary/aromatic N) is 1. The maximum absolute atomic E-state index is 14.1. The van der Waals surface area contributed by atoms with Gasteiger partial charge in [0.2, 0.25) is 11.8 Å². The molecule has 3 rings (SSSR count). The van der Waals surface area contributed by atoms with Gasteiger partial charge < -0.3 is 23.8 Å². The molecule has 0 fully saturated rings. The van der Waals surface area contributed by atoms with Crippen molar-refractivity contribution in [3.05, 3.63) is 53.8 Å². The molecule has 10 heteroatoms. The first-order valence-corrected chi connectivity index (χ1v) is 10.7. The lowest BCUT2D eigenvalue weighted by Gasteiger charge is -2.40. The predicted octanol–water partition coefficient (Wildman–Crippen LogP) is 2.02. The highest BCUT2D eigenvalue weighted by atomic mass is 16.6. The van der Waals surface area contributed by atoms with E-state index in [1.807, 2.05) is 0 Å². The molecule has 1 N–H and O–H groups in total. The number of anilines is 1. The molecule has 2 aliphatic heterocycles. The maximum Gasteiger partial charge on any atom is 0.338 e. The molecule has 2 atom stereocenters. The summed E-state index contributed by atoms with van der Waals surface area (Å²) in [5.41, 5.74) is -1.67. The van der Waals surface area contributed by atoms with Crippen molar-refractivity contribution in [3.63, 3.8) is 0 Å². The number of hydrogen-bond acceptors (Lipinski definition) is 9. The van der Waals surface area contributed by atoms with Crippen LogP contribution in [0.15, 0.2) is 48.3 Å². The van der Waals surface area contributed by atoms with Crippen LogP contribution >= 0.6 is 0 Å². The molecule has 1 spiro atoms. The largest absolute Gasteiger partial charge is 0.468 e. The molecule has 0 saturated heterocycles. The van der Waals surface area contributed by atoms with E-state index in [1.54, 1.807) is 38.1 Å². The maximum atomic E-state index is 14.1. The van der Waals surface area contributed by atoms with Gasteiger partial charge in [0.1, 0.15) is 17.6 Å². The summed E-state index contributed by atoms with van der Waals surface area (Å²) in [5.74, 6) is -5.86. The van der Waals surface area contributed by atoms with Crippen molar-refractivity contribution in [1.29, 1.82) is 5.41 Å². The van der Waals surface area contributed by atoms with Crippen LogP contribution in [0.25, 0.3) is 0 Å². The second-order valence-corrected chi connectivity index (χ2v) is 7.45. The first-order valence-electron chi connectivity index (χ1n) is 10.7. The Morgan fingerprint density at radius 1 is 1.21 bits per heavy atom. The second kappa shape index (κ2) is 9.90. The Kier molecular flexibility index (Phi) is 7.19. The van der Waals surface area contributed by atoms with Crippen molar-refractivity contribution in [2.24, 2.45) is 5.92 Å². The van der Waals surface area contributed by atoms with Crippen LogP contribution in [0, 0.1) is 11.3 Å². The highest BCUT2D eigenvalue weighted by Gasteiger charge is 2.67. The van der Waals surface area contributed by atoms with E-state index in [4.69, 9.17) is 24.4 Å². The molecule has 0 aliphatic carbocycles. The number of para-hydroxylation sites is 1. The summed E-state index contributed by atoms with van der Waals surface area (Å²) >= 11 is 0. The number of fused-ring (bicyclic) bond motifs is 2. The van der Waals surface area contributed by atoms with Gasteiger partial charge in [-0.1, -0.05) is 24.3 Å². The van der Waals surface area contributed by atoms with E-state index < -0.39 is 47.5 Å². The molecule has 34 heavy (non-hydrogen) atoms. The van der Waals surface area contributed by atoms with Gasteiger partial charge in [-0.05, 0) is 25.5 Å². The fraction of sp³-hybridized carbons (Fsp3) is 0.375. The smallest absolute Gasteiger partial charge is 0.338 e. The Morgan fingerprint density at radius 2 is 1.88 bits per heavy atom. The van der Waals surface area contributed by atoms with E-state index in [0.29, 0.717) is 5.69 Å². The number of hydrogen-bond donors (Lipinski definition) is 1. The summed E-state index contributed by atoms with van der Waals surface area (Å²) in [6.07, 6.45) is 0.954. The number of amides is 1. The van der Waals surface area contributed by atoms with Crippen LogP contribution in [0.5, 0.6) is 0 Å². The third-order valence-corrected chi connectivity index (χ3v) is 5.64. The van der Waals surface area contributed by atoms with E-state index in [-0.39, 0.29) is 36.7 Å². The number of methoxy groups -OCH3 is 1. The fourth-order valence-corrected chi connectivity index (χ4v) is 4.46. The fourth-order valence-electron chi connectivity index (χ4n) is 4.46. The predicted molar refractivity (Wildman–Crippen MR) is 120 cm³/mol. The molecular formula is C24H26N2O8. The number of esters is 3. The first-order chi connectivity index (χ1) is 16.3. The second-order valence-electron chi connectivity index (χ2n) is 7.45. The zero-order valence-electron chi connectivity index (χ0n) is 19.2. The molecule has 2 heterocycles. The number of benzene rings is 1. The Balaban J connectivity index is 2.43. The van der Waals surface area contributed by atoms with E-state index in [2.05, 4.69) is 6.58 Å². The highest BCUT2D eigenvalue weighted by Crippen LogP contribution is 2.55. The molecule has 1 aromatic rings. The number of ether oxygens (including phenoxy) is 4. The van der Waals surface area contributed by atoms with Gasteiger partial charge in [-0.2, -0.15) is 0 Å². The Labute approximate surface area is 196 Å². The van der Waals surface area contributed by atoms with Crippen LogP contribution < -0.4 is 4.90 Å². The highest BCUT2D eigenvalue weighted by molar-refractivity contribution is 6.22. The minimum absolute atomic E-state index is 0.0440. The summed E-state index contributed by atoms with van der Waals surface area (Å²) in [6, 6.07) is 6.59. The lowest BCUT2D eigenvalue weighted by molar-refractivity contribution is -0.150. The minimum Gasteiger partial charge on any atom is -0.468 e. The van der Waals surface area contributed by atoms with E-state index in [0.717, 1.165) is 7.11 Å². The Bertz CT molecular complexity index is 1090. The van der Waals surface area contributed by atoms with Crippen molar-refractivity contribution in [2.75, 3.05) is 31.8 Å². The van der Waals surface area contributed by atoms with Crippen LogP contribution in [0.3, 0.4) is 0 Å². The molecule has 0 saturated carbocycles. The molecule has 2 unspecified atom stereocenters. The standard InChI is InChI=1S/C24H26N2O8/c1-5-12-26-15-11-9-8-10-14(15)24(23(26)30)18(22(29)33-7-3)16(13-17(27)32-6-2)34-20(25)19(24)21(28)31-4/h5,8-11,19,25H,1,6-7,12-13H2,2-4H3. The first kappa shape index (κ1) is 24.7. The quantitative estimate of drug-likeness (QED) is 0.347. The van der Waals surface area contributed by atoms with E-state index in [1.165, 1.54) is 11.0 Å². The summed E-state index contributed by atoms with van der Waals surface area (Å²) < 4.78 is 20.7. The van der Waals surface area contributed by atoms with Crippen LogP contribution in [0.4, 0.5) is 5.69 Å². The number of nitrogens with one attached hydrogen (secondary N) is 1. The molecule has 0 radical (unpaired) electrons. The van der Waals surface area contributed by atoms with Gasteiger partial charge in [-0.3, -0.25) is 19.8 Å². The van der Waals surface area contributed by atoms with Gasteiger partial charge in [-0.25, -0.2) is 4.79 Å². The minimum atomic E-state index is -2.05. The van der Waals surface area contributed by atoms with Crippen molar-refractivity contribution in [1.82, 2.24) is 0 Å². The Morgan fingerprint density at radius 3 is 2.50 bits per heavy atom. The van der Waals surface area contributed by atoms with Crippen LogP contribution in [-0.2, 0) is 43.5 Å². The van der Waals surface area contributed by atoms with Crippen LogP contribution in [0.1, 0.15) is 25.8 Å². The number of rotatable bonds is 8. The molecule has 2 aliphatic rings. The summed E-state index contributed by atoms with van der Waals surface area (Å²) in [4.78, 5) is 54.2. The average molecular weight is 470 g/mol. The van der Waals surface area contributed by atoms with Gasteiger partial charge >= 0.3 is 17.9 Å². The zero-order valence-corrected chi connectivity index (χ0v) is 19.2. The van der Waals surface area contributed by atoms with Crippen molar-refractivity contribution >= 4 is 35.4 Å². The third kappa shape index (κ3) is 3.74. The average Bonchev–Trinajstić information content (AvgIpc) is 3.03. The van der Waals surface area contributed by atoms with E-state index in [9.17, 15) is 19.2 Å². The van der Waals surface area contributed by atoms with Gasteiger partial charge in [0.25, 0.3) is 0 Å². The SMILES string of the molecule is C=CCN1C(=O)C2(C(C(=O)OCC)=C(CC(=O)OCC)OC(=N)C2C(=O)OC)c2ccccc21. The normalized spacial score (nSPS) is 21.1. The molecule has 0 bridgehead atoms. The third-order valence-electron chi connectivity index (χ3n) is 5.64. The monoisotopic (exact) mass is 470 g/mol. The van der Waals surface area contributed by atoms with Gasteiger partial charge in [-0.15, -0.1) is 6.58 Å². The van der Waals surface area contributed by atoms with Crippen molar-refractivity contribution in [2.45, 2.75) is 25.7 Å². The van der Waals surface area contributed by atoms with E-state index >= 15 is 0 Å². The van der Waals surface area contributed by atoms with Crippen molar-refractivity contribution < 1.29 is 38.1 Å². The van der Waals surface area contributed by atoms with Gasteiger partial charge in [0, 0.05) is 12.2 Å². The van der Waals surface area contributed by atoms with Crippen LogP contribution in [0.2, 0.25) is 0 Å². The lowest BCUT2D eigenvalue weighted by atomic mass is 9.63. The molecule has 1 amide bonds.